The zero-order valence-corrected chi connectivity index (χ0v) is 16.6. The second kappa shape index (κ2) is 7.91. The molecule has 10 heteroatoms. The minimum absolute atomic E-state index is 0.179. The van der Waals surface area contributed by atoms with E-state index in [1.807, 2.05) is 13.8 Å². The van der Waals surface area contributed by atoms with Crippen LogP contribution in [0.4, 0.5) is 5.69 Å². The maximum atomic E-state index is 13.0. The fourth-order valence-electron chi connectivity index (χ4n) is 3.21. The van der Waals surface area contributed by atoms with Crippen molar-refractivity contribution in [3.63, 3.8) is 0 Å². The molecule has 0 spiro atoms. The van der Waals surface area contributed by atoms with Gasteiger partial charge in [0.05, 0.1) is 9.82 Å². The molecule has 1 aliphatic heterocycles. The van der Waals surface area contributed by atoms with Crippen molar-refractivity contribution in [2.45, 2.75) is 37.6 Å². The Morgan fingerprint density at radius 2 is 2.11 bits per heavy atom. The number of amides is 1. The van der Waals surface area contributed by atoms with Gasteiger partial charge in [-0.15, -0.1) is 0 Å². The van der Waals surface area contributed by atoms with Gasteiger partial charge in [-0.1, -0.05) is 19.9 Å². The molecule has 2 rings (SSSR count). The molecule has 0 aromatic heterocycles. The molecule has 0 saturated carbocycles. The van der Waals surface area contributed by atoms with Gasteiger partial charge >= 0.3 is 0 Å². The van der Waals surface area contributed by atoms with Gasteiger partial charge in [0, 0.05) is 32.3 Å². The van der Waals surface area contributed by atoms with E-state index < -0.39 is 21.0 Å². The van der Waals surface area contributed by atoms with Gasteiger partial charge in [0.15, 0.2) is 0 Å². The van der Waals surface area contributed by atoms with Gasteiger partial charge in [0.2, 0.25) is 15.9 Å². The first kappa shape index (κ1) is 21.3. The highest BCUT2D eigenvalue weighted by Gasteiger charge is 2.41. The maximum Gasteiger partial charge on any atom is 0.270 e. The molecule has 1 fully saturated rings. The first-order chi connectivity index (χ1) is 12.5. The van der Waals surface area contributed by atoms with Crippen LogP contribution in [0, 0.1) is 15.5 Å². The predicted octanol–water partition coefficient (Wildman–Crippen LogP) is 1.19. The zero-order valence-electron chi connectivity index (χ0n) is 15.8. The van der Waals surface area contributed by atoms with Crippen LogP contribution < -0.4 is 5.73 Å². The predicted molar refractivity (Wildman–Crippen MR) is 100 cm³/mol. The van der Waals surface area contributed by atoms with Gasteiger partial charge in [-0.3, -0.25) is 14.9 Å². The number of nitrogens with two attached hydrogens (primary N) is 1. The SMILES string of the molecule is CN(CC(C)(C)CN)C(=O)C1CCCN1S(=O)(=O)c1cccc([N+](=O)[O-])c1. The number of nitro benzene ring substituents is 1. The molecule has 0 aliphatic carbocycles. The third-order valence-electron chi connectivity index (χ3n) is 4.72. The number of rotatable bonds is 7. The van der Waals surface area contributed by atoms with Crippen molar-refractivity contribution >= 4 is 21.6 Å². The molecular weight excluding hydrogens is 372 g/mol. The first-order valence-corrected chi connectivity index (χ1v) is 10.1. The zero-order chi connectivity index (χ0) is 20.4. The van der Waals surface area contributed by atoms with Crippen LogP contribution in [0.25, 0.3) is 0 Å². The Balaban J connectivity index is 2.28. The van der Waals surface area contributed by atoms with Crippen LogP contribution in [0.1, 0.15) is 26.7 Å². The van der Waals surface area contributed by atoms with Gasteiger partial charge in [-0.2, -0.15) is 4.31 Å². The molecule has 1 aliphatic rings. The Morgan fingerprint density at radius 3 is 2.70 bits per heavy atom. The van der Waals surface area contributed by atoms with Gasteiger partial charge in [0.25, 0.3) is 5.69 Å². The van der Waals surface area contributed by atoms with Crippen molar-refractivity contribution in [2.24, 2.45) is 11.1 Å². The Bertz CT molecular complexity index is 824. The Morgan fingerprint density at radius 1 is 1.44 bits per heavy atom. The van der Waals surface area contributed by atoms with Gasteiger partial charge < -0.3 is 10.6 Å². The summed E-state index contributed by atoms with van der Waals surface area (Å²) < 4.78 is 27.2. The minimum atomic E-state index is -4.01. The van der Waals surface area contributed by atoms with Crippen LogP contribution in [0.15, 0.2) is 29.2 Å². The monoisotopic (exact) mass is 398 g/mol. The van der Waals surface area contributed by atoms with E-state index in [0.717, 1.165) is 10.4 Å². The van der Waals surface area contributed by atoms with E-state index in [0.29, 0.717) is 25.9 Å². The molecule has 1 heterocycles. The van der Waals surface area contributed by atoms with Crippen LogP contribution in [0.5, 0.6) is 0 Å². The highest BCUT2D eigenvalue weighted by molar-refractivity contribution is 7.89. The van der Waals surface area contributed by atoms with E-state index >= 15 is 0 Å². The summed E-state index contributed by atoms with van der Waals surface area (Å²) in [7, 11) is -2.38. The quantitative estimate of drug-likeness (QED) is 0.543. The first-order valence-electron chi connectivity index (χ1n) is 8.71. The molecule has 27 heavy (non-hydrogen) atoms. The summed E-state index contributed by atoms with van der Waals surface area (Å²) in [6.07, 6.45) is 0.971. The molecule has 1 aromatic rings. The lowest BCUT2D eigenvalue weighted by Crippen LogP contribution is -2.49. The normalized spacial score (nSPS) is 18.4. The van der Waals surface area contributed by atoms with Crippen molar-refractivity contribution in [2.75, 3.05) is 26.7 Å². The van der Waals surface area contributed by atoms with Gasteiger partial charge in [-0.25, -0.2) is 8.42 Å². The highest BCUT2D eigenvalue weighted by Crippen LogP contribution is 2.29. The van der Waals surface area contributed by atoms with Gasteiger partial charge in [-0.05, 0) is 30.9 Å². The molecule has 1 amide bonds. The Hall–Kier alpha value is -2.04. The maximum absolute atomic E-state index is 13.0. The van der Waals surface area contributed by atoms with E-state index in [9.17, 15) is 23.3 Å². The summed E-state index contributed by atoms with van der Waals surface area (Å²) in [5.74, 6) is -0.289. The third kappa shape index (κ3) is 4.63. The third-order valence-corrected chi connectivity index (χ3v) is 6.62. The van der Waals surface area contributed by atoms with Crippen molar-refractivity contribution in [3.8, 4) is 0 Å². The summed E-state index contributed by atoms with van der Waals surface area (Å²) in [6, 6.07) is 4.08. The molecule has 9 nitrogen and oxygen atoms in total. The fraction of sp³-hybridized carbons (Fsp3) is 0.588. The number of nitrogens with zero attached hydrogens (tertiary/aromatic N) is 3. The van der Waals surface area contributed by atoms with E-state index in [2.05, 4.69) is 0 Å². The topological polar surface area (TPSA) is 127 Å². The van der Waals surface area contributed by atoms with Crippen molar-refractivity contribution in [1.82, 2.24) is 9.21 Å². The molecule has 1 unspecified atom stereocenters. The van der Waals surface area contributed by atoms with E-state index in [-0.39, 0.29) is 28.4 Å². The largest absolute Gasteiger partial charge is 0.344 e. The minimum Gasteiger partial charge on any atom is -0.344 e. The number of hydrogen-bond donors (Lipinski definition) is 1. The molecule has 150 valence electrons. The number of likely N-dealkylation sites (N-methyl/N-ethyl adjacent to an activating group) is 1. The molecule has 1 atom stereocenters. The standard InChI is InChI=1S/C17H26N4O5S/c1-17(2,11-18)12-19(3)16(22)15-8-5-9-20(15)27(25,26)14-7-4-6-13(10-14)21(23)24/h4,6-7,10,15H,5,8-9,11-12,18H2,1-3H3. The lowest BCUT2D eigenvalue weighted by Gasteiger charge is -2.32. The van der Waals surface area contributed by atoms with Crippen LogP contribution in [-0.4, -0.2) is 61.2 Å². The summed E-state index contributed by atoms with van der Waals surface area (Å²) in [5.41, 5.74) is 5.13. The molecule has 0 radical (unpaired) electrons. The van der Waals surface area contributed by atoms with Crippen molar-refractivity contribution in [1.29, 1.82) is 0 Å². The summed E-state index contributed by atoms with van der Waals surface area (Å²) in [6.45, 7) is 4.87. The van der Waals surface area contributed by atoms with Crippen molar-refractivity contribution < 1.29 is 18.1 Å². The van der Waals surface area contributed by atoms with Crippen LogP contribution in [-0.2, 0) is 14.8 Å². The molecule has 2 N–H and O–H groups in total. The number of hydrogen-bond acceptors (Lipinski definition) is 6. The fourth-order valence-corrected chi connectivity index (χ4v) is 4.90. The van der Waals surface area contributed by atoms with Crippen molar-refractivity contribution in [3.05, 3.63) is 34.4 Å². The lowest BCUT2D eigenvalue weighted by molar-refractivity contribution is -0.385. The van der Waals surface area contributed by atoms with Gasteiger partial charge in [0.1, 0.15) is 6.04 Å². The van der Waals surface area contributed by atoms with Crippen LogP contribution >= 0.6 is 0 Å². The highest BCUT2D eigenvalue weighted by atomic mass is 32.2. The molecule has 0 bridgehead atoms. The summed E-state index contributed by atoms with van der Waals surface area (Å²) in [4.78, 5) is 24.5. The Kier molecular flexibility index (Phi) is 6.23. The second-order valence-corrected chi connectivity index (χ2v) is 9.48. The lowest BCUT2D eigenvalue weighted by atomic mass is 9.93. The average Bonchev–Trinajstić information content (AvgIpc) is 3.11. The number of sulfonamides is 1. The number of carbonyl (C=O) groups is 1. The number of nitro groups is 1. The molecule has 1 aromatic carbocycles. The second-order valence-electron chi connectivity index (χ2n) is 7.59. The van der Waals surface area contributed by atoms with E-state index in [1.165, 1.54) is 23.1 Å². The number of non-ortho nitro benzene ring substituents is 1. The van der Waals surface area contributed by atoms with Crippen LogP contribution in [0.2, 0.25) is 0 Å². The Labute approximate surface area is 159 Å². The molecular formula is C17H26N4O5S. The number of carbonyl (C=O) groups excluding carboxylic acids is 1. The summed E-state index contributed by atoms with van der Waals surface area (Å²) in [5, 5.41) is 11.0. The summed E-state index contributed by atoms with van der Waals surface area (Å²) >= 11 is 0. The van der Waals surface area contributed by atoms with E-state index in [1.54, 1.807) is 7.05 Å². The average molecular weight is 398 g/mol. The molecule has 1 saturated heterocycles. The number of benzene rings is 1. The van der Waals surface area contributed by atoms with Crippen LogP contribution in [0.3, 0.4) is 0 Å². The smallest absolute Gasteiger partial charge is 0.270 e. The van der Waals surface area contributed by atoms with E-state index in [4.69, 9.17) is 5.73 Å².